The maximum Gasteiger partial charge on any atom is 0.416 e. The van der Waals surface area contributed by atoms with E-state index in [4.69, 9.17) is 0 Å². The van der Waals surface area contributed by atoms with Crippen molar-refractivity contribution in [1.29, 1.82) is 0 Å². The molecule has 0 saturated heterocycles. The monoisotopic (exact) mass is 532 g/mol. The van der Waals surface area contributed by atoms with Crippen LogP contribution in [0.15, 0.2) is 36.7 Å². The van der Waals surface area contributed by atoms with Crippen molar-refractivity contribution in [3.05, 3.63) is 52.8 Å². The number of carbonyl (C=O) groups is 1. The smallest absolute Gasteiger partial charge is 0.416 e. The summed E-state index contributed by atoms with van der Waals surface area (Å²) in [5.74, 6) is -0.706. The van der Waals surface area contributed by atoms with Crippen LogP contribution in [0, 0.1) is 24.7 Å². The number of aromatic nitrogens is 3. The number of rotatable bonds is 7. The summed E-state index contributed by atoms with van der Waals surface area (Å²) in [6.07, 6.45) is 2.48. The van der Waals surface area contributed by atoms with Crippen LogP contribution in [0.25, 0.3) is 10.6 Å². The van der Waals surface area contributed by atoms with Crippen molar-refractivity contribution in [2.75, 3.05) is 5.32 Å². The van der Waals surface area contributed by atoms with Gasteiger partial charge in [-0.1, -0.05) is 0 Å². The van der Waals surface area contributed by atoms with Crippen LogP contribution in [0.5, 0.6) is 0 Å². The molecule has 2 fully saturated rings. The number of aliphatic carboxylic acids is 1. The van der Waals surface area contributed by atoms with Crippen LogP contribution in [0.3, 0.4) is 0 Å². The molecule has 0 amide bonds. The molecule has 2 saturated carbocycles. The first-order valence-electron chi connectivity index (χ1n) is 12.2. The molecule has 3 aromatic rings. The first kappa shape index (κ1) is 25.6. The molecule has 5 rings (SSSR count). The second kappa shape index (κ2) is 9.68. The molecule has 0 radical (unpaired) electrons. The third-order valence-corrected chi connectivity index (χ3v) is 8.47. The van der Waals surface area contributed by atoms with Gasteiger partial charge in [-0.05, 0) is 87.1 Å². The summed E-state index contributed by atoms with van der Waals surface area (Å²) < 4.78 is 39.2. The number of thiazole rings is 1. The summed E-state index contributed by atoms with van der Waals surface area (Å²) in [6, 6.07) is 5.42. The zero-order chi connectivity index (χ0) is 26.4. The summed E-state index contributed by atoms with van der Waals surface area (Å²) >= 11 is 1.36. The quantitative estimate of drug-likeness (QED) is 0.334. The van der Waals surface area contributed by atoms with Crippen LogP contribution in [0.2, 0.25) is 0 Å². The van der Waals surface area contributed by atoms with Crippen molar-refractivity contribution in [1.82, 2.24) is 15.0 Å². The molecule has 3 heterocycles. The Morgan fingerprint density at radius 2 is 1.70 bits per heavy atom. The van der Waals surface area contributed by atoms with Gasteiger partial charge in [0.2, 0.25) is 0 Å². The van der Waals surface area contributed by atoms with Crippen LogP contribution in [0.1, 0.15) is 54.7 Å². The number of nitrogens with zero attached hydrogens (tertiary/aromatic N) is 3. The Labute approximate surface area is 215 Å². The summed E-state index contributed by atoms with van der Waals surface area (Å²) in [4.78, 5) is 25.3. The zero-order valence-electron chi connectivity index (χ0n) is 20.1. The minimum Gasteiger partial charge on any atom is -0.481 e. The van der Waals surface area contributed by atoms with Crippen LogP contribution < -0.4 is 5.32 Å². The first-order valence-corrected chi connectivity index (χ1v) is 13.1. The average molecular weight is 533 g/mol. The highest BCUT2D eigenvalue weighted by Crippen LogP contribution is 2.55. The molecular weight excluding hydrogens is 505 g/mol. The number of aryl methyl sites for hydroxylation is 1. The fraction of sp³-hybridized carbons (Fsp3) is 0.462. The van der Waals surface area contributed by atoms with E-state index in [-0.39, 0.29) is 23.6 Å². The SMILES string of the molecule is Cc1cc(Nc2cc(C(F)(F)F)ccn2)nc(-c2cnc(C(O)(C3CCC(C(=O)O)CC3)C3CC3)s2)c1. The lowest BCUT2D eigenvalue weighted by atomic mass is 9.71. The molecule has 3 aromatic heterocycles. The normalized spacial score (nSPS) is 21.9. The van der Waals surface area contributed by atoms with E-state index < -0.39 is 23.3 Å². The van der Waals surface area contributed by atoms with Gasteiger partial charge in [0.25, 0.3) is 0 Å². The third-order valence-electron chi connectivity index (χ3n) is 7.31. The molecule has 0 spiro atoms. The van der Waals surface area contributed by atoms with E-state index in [1.807, 2.05) is 13.0 Å². The lowest BCUT2D eigenvalue weighted by Crippen LogP contribution is -2.40. The van der Waals surface area contributed by atoms with E-state index in [2.05, 4.69) is 20.3 Å². The molecule has 2 aliphatic rings. The molecule has 11 heteroatoms. The minimum atomic E-state index is -4.48. The number of alkyl halides is 3. The Hall–Kier alpha value is -3.05. The van der Waals surface area contributed by atoms with Crippen LogP contribution in [-0.2, 0) is 16.6 Å². The third kappa shape index (κ3) is 5.33. The number of pyridine rings is 2. The summed E-state index contributed by atoms with van der Waals surface area (Å²) in [5, 5.41) is 24.7. The summed E-state index contributed by atoms with van der Waals surface area (Å²) in [5.41, 5.74) is -0.467. The van der Waals surface area contributed by atoms with E-state index in [1.165, 1.54) is 11.3 Å². The molecule has 7 nitrogen and oxygen atoms in total. The van der Waals surface area contributed by atoms with Gasteiger partial charge in [0.05, 0.1) is 22.1 Å². The number of anilines is 2. The molecule has 37 heavy (non-hydrogen) atoms. The second-order valence-electron chi connectivity index (χ2n) is 9.98. The van der Waals surface area contributed by atoms with E-state index >= 15 is 0 Å². The fourth-order valence-corrected chi connectivity index (χ4v) is 6.35. The van der Waals surface area contributed by atoms with Gasteiger partial charge in [0.1, 0.15) is 22.2 Å². The molecule has 0 aromatic carbocycles. The first-order chi connectivity index (χ1) is 17.5. The zero-order valence-corrected chi connectivity index (χ0v) is 20.9. The highest BCUT2D eigenvalue weighted by Gasteiger charge is 2.53. The molecule has 0 aliphatic heterocycles. The number of carboxylic acid groups (broad SMARTS) is 1. The Kier molecular flexibility index (Phi) is 6.70. The van der Waals surface area contributed by atoms with Gasteiger partial charge in [0, 0.05) is 12.4 Å². The lowest BCUT2D eigenvalue weighted by molar-refractivity contribution is -0.144. The second-order valence-corrected chi connectivity index (χ2v) is 11.0. The molecule has 1 unspecified atom stereocenters. The fourth-order valence-electron chi connectivity index (χ4n) is 5.23. The Morgan fingerprint density at radius 1 is 1.03 bits per heavy atom. The number of hydrogen-bond acceptors (Lipinski definition) is 7. The Bertz CT molecular complexity index is 1300. The number of aliphatic hydroxyl groups is 1. The predicted molar refractivity (Wildman–Crippen MR) is 132 cm³/mol. The van der Waals surface area contributed by atoms with Crippen molar-refractivity contribution in [3.8, 4) is 10.6 Å². The van der Waals surface area contributed by atoms with Gasteiger partial charge in [-0.15, -0.1) is 11.3 Å². The van der Waals surface area contributed by atoms with E-state index in [0.717, 1.165) is 41.6 Å². The van der Waals surface area contributed by atoms with Gasteiger partial charge in [0.15, 0.2) is 0 Å². The van der Waals surface area contributed by atoms with Gasteiger partial charge in [-0.25, -0.2) is 15.0 Å². The van der Waals surface area contributed by atoms with E-state index in [0.29, 0.717) is 42.2 Å². The number of carboxylic acids is 1. The summed E-state index contributed by atoms with van der Waals surface area (Å²) in [6.45, 7) is 1.86. The molecular formula is C26H27F3N4O3S. The van der Waals surface area contributed by atoms with Crippen LogP contribution >= 0.6 is 11.3 Å². The number of nitrogens with one attached hydrogen (secondary N) is 1. The van der Waals surface area contributed by atoms with Crippen molar-refractivity contribution >= 4 is 28.9 Å². The van der Waals surface area contributed by atoms with Crippen molar-refractivity contribution in [2.45, 2.75) is 57.2 Å². The van der Waals surface area contributed by atoms with E-state index in [9.17, 15) is 28.2 Å². The Balaban J connectivity index is 1.39. The average Bonchev–Trinajstić information content (AvgIpc) is 3.59. The van der Waals surface area contributed by atoms with Crippen LogP contribution in [-0.4, -0.2) is 31.1 Å². The Morgan fingerprint density at radius 3 is 2.32 bits per heavy atom. The van der Waals surface area contributed by atoms with Gasteiger partial charge < -0.3 is 15.5 Å². The highest BCUT2D eigenvalue weighted by molar-refractivity contribution is 7.15. The maximum atomic E-state index is 13.1. The van der Waals surface area contributed by atoms with Gasteiger partial charge in [-0.3, -0.25) is 4.79 Å². The summed E-state index contributed by atoms with van der Waals surface area (Å²) in [7, 11) is 0. The number of hydrogen-bond donors (Lipinski definition) is 3. The lowest BCUT2D eigenvalue weighted by Gasteiger charge is -2.38. The molecule has 0 bridgehead atoms. The standard InChI is InChI=1S/C26H27F3N4O3S/c1-14-10-19(32-22(11-14)33-21-12-18(8-9-30-21)26(27,28)29)20-13-31-24(37-20)25(36,17-6-7-17)16-4-2-15(3-5-16)23(34)35/h8-13,15-17,36H,2-7H2,1H3,(H,34,35)(H,30,32,33). The van der Waals surface area contributed by atoms with Crippen molar-refractivity contribution < 1.29 is 28.2 Å². The van der Waals surface area contributed by atoms with E-state index in [1.54, 1.807) is 12.3 Å². The van der Waals surface area contributed by atoms with Crippen molar-refractivity contribution in [3.63, 3.8) is 0 Å². The molecule has 1 atom stereocenters. The highest BCUT2D eigenvalue weighted by atomic mass is 32.1. The molecule has 3 N–H and O–H groups in total. The number of halogens is 3. The maximum absolute atomic E-state index is 13.1. The minimum absolute atomic E-state index is 0.0314. The molecule has 196 valence electrons. The van der Waals surface area contributed by atoms with Crippen LogP contribution in [0.4, 0.5) is 24.8 Å². The van der Waals surface area contributed by atoms with Crippen molar-refractivity contribution in [2.24, 2.45) is 17.8 Å². The molecule has 2 aliphatic carbocycles. The largest absolute Gasteiger partial charge is 0.481 e. The predicted octanol–water partition coefficient (Wildman–Crippen LogP) is 6.16. The topological polar surface area (TPSA) is 108 Å². The van der Waals surface area contributed by atoms with Gasteiger partial charge >= 0.3 is 12.1 Å². The van der Waals surface area contributed by atoms with Gasteiger partial charge in [-0.2, -0.15) is 13.2 Å².